The van der Waals surface area contributed by atoms with Crippen molar-refractivity contribution >= 4 is 29.4 Å². The van der Waals surface area contributed by atoms with E-state index in [0.717, 1.165) is 0 Å². The predicted molar refractivity (Wildman–Crippen MR) is 75.6 cm³/mol. The molecular weight excluding hydrogens is 281 g/mol. The highest BCUT2D eigenvalue weighted by Crippen LogP contribution is 2.22. The number of Topliss-reactive ketones (excluding diaryl/α,β-unsaturated/α-hetero) is 2. The Hall–Kier alpha value is -1.81. The van der Waals surface area contributed by atoms with Crippen molar-refractivity contribution in [3.63, 3.8) is 0 Å². The van der Waals surface area contributed by atoms with Crippen LogP contribution in [-0.2, 0) is 4.79 Å². The fraction of sp³-hybridized carbons (Fsp3) is 0.267. The monoisotopic (exact) mass is 293 g/mol. The SMILES string of the molecule is O=C(CCC(=O)c1ccccc1F)C1=C(Cl)CCC=N1. The molecule has 0 atom stereocenters. The summed E-state index contributed by atoms with van der Waals surface area (Å²) in [6, 6.07) is 5.73. The van der Waals surface area contributed by atoms with Gasteiger partial charge in [0.05, 0.1) is 5.56 Å². The van der Waals surface area contributed by atoms with E-state index in [9.17, 15) is 14.0 Å². The fourth-order valence-electron chi connectivity index (χ4n) is 1.93. The molecule has 3 nitrogen and oxygen atoms in total. The largest absolute Gasteiger partial charge is 0.294 e. The first-order valence-corrected chi connectivity index (χ1v) is 6.69. The van der Waals surface area contributed by atoms with Crippen LogP contribution in [0.4, 0.5) is 4.39 Å². The van der Waals surface area contributed by atoms with E-state index >= 15 is 0 Å². The summed E-state index contributed by atoms with van der Waals surface area (Å²) >= 11 is 5.94. The number of hydrogen-bond donors (Lipinski definition) is 0. The van der Waals surface area contributed by atoms with Gasteiger partial charge in [-0.05, 0) is 25.0 Å². The molecule has 0 saturated carbocycles. The Morgan fingerprint density at radius 3 is 2.60 bits per heavy atom. The minimum absolute atomic E-state index is 0.00696. The topological polar surface area (TPSA) is 46.5 Å². The summed E-state index contributed by atoms with van der Waals surface area (Å²) in [5, 5.41) is 0.427. The third-order valence-electron chi connectivity index (χ3n) is 2.99. The second-order valence-corrected chi connectivity index (χ2v) is 4.89. The highest BCUT2D eigenvalue weighted by molar-refractivity contribution is 6.32. The lowest BCUT2D eigenvalue weighted by Gasteiger charge is -2.08. The zero-order valence-electron chi connectivity index (χ0n) is 10.7. The number of carbonyl (C=O) groups is 2. The van der Waals surface area contributed by atoms with Crippen LogP contribution < -0.4 is 0 Å². The predicted octanol–water partition coefficient (Wildman–Crippen LogP) is 3.67. The molecule has 0 aromatic heterocycles. The van der Waals surface area contributed by atoms with Crippen molar-refractivity contribution in [1.82, 2.24) is 0 Å². The van der Waals surface area contributed by atoms with Gasteiger partial charge in [-0.15, -0.1) is 0 Å². The van der Waals surface area contributed by atoms with Crippen molar-refractivity contribution in [2.75, 3.05) is 0 Å². The first-order valence-electron chi connectivity index (χ1n) is 6.31. The van der Waals surface area contributed by atoms with Crippen LogP contribution in [0.5, 0.6) is 0 Å². The van der Waals surface area contributed by atoms with Crippen LogP contribution in [0.2, 0.25) is 0 Å². The number of aliphatic imine (C=N–C) groups is 1. The van der Waals surface area contributed by atoms with Gasteiger partial charge in [-0.1, -0.05) is 23.7 Å². The van der Waals surface area contributed by atoms with Gasteiger partial charge in [-0.3, -0.25) is 14.6 Å². The van der Waals surface area contributed by atoms with Crippen LogP contribution in [0, 0.1) is 5.82 Å². The summed E-state index contributed by atoms with van der Waals surface area (Å²) in [4.78, 5) is 27.7. The molecule has 0 fully saturated rings. The lowest BCUT2D eigenvalue weighted by Crippen LogP contribution is -2.10. The maximum absolute atomic E-state index is 13.4. The molecule has 1 aromatic rings. The summed E-state index contributed by atoms with van der Waals surface area (Å²) in [7, 11) is 0. The first-order chi connectivity index (χ1) is 9.59. The van der Waals surface area contributed by atoms with Crippen LogP contribution >= 0.6 is 11.6 Å². The van der Waals surface area contributed by atoms with E-state index in [1.54, 1.807) is 12.3 Å². The Morgan fingerprint density at radius 2 is 1.90 bits per heavy atom. The Balaban J connectivity index is 1.99. The molecular formula is C15H13ClFNO2. The minimum Gasteiger partial charge on any atom is -0.294 e. The molecule has 0 spiro atoms. The molecule has 0 radical (unpaired) electrons. The van der Waals surface area contributed by atoms with Crippen LogP contribution in [0.25, 0.3) is 0 Å². The molecule has 2 rings (SSSR count). The van der Waals surface area contributed by atoms with Gasteiger partial charge in [0.1, 0.15) is 11.5 Å². The average molecular weight is 294 g/mol. The van der Waals surface area contributed by atoms with E-state index in [1.165, 1.54) is 18.2 Å². The molecule has 5 heteroatoms. The molecule has 20 heavy (non-hydrogen) atoms. The molecule has 0 bridgehead atoms. The van der Waals surface area contributed by atoms with Crippen LogP contribution in [0.1, 0.15) is 36.0 Å². The highest BCUT2D eigenvalue weighted by atomic mass is 35.5. The number of allylic oxidation sites excluding steroid dienone is 2. The van der Waals surface area contributed by atoms with E-state index in [-0.39, 0.29) is 29.9 Å². The summed E-state index contributed by atoms with van der Waals surface area (Å²) in [5.74, 6) is -1.25. The van der Waals surface area contributed by atoms with Crippen LogP contribution in [-0.4, -0.2) is 17.8 Å². The second-order valence-electron chi connectivity index (χ2n) is 4.43. The second kappa shape index (κ2) is 6.57. The Kier molecular flexibility index (Phi) is 4.79. The van der Waals surface area contributed by atoms with Gasteiger partial charge in [0.2, 0.25) is 0 Å². The van der Waals surface area contributed by atoms with Gasteiger partial charge in [0, 0.05) is 24.1 Å². The number of benzene rings is 1. The van der Waals surface area contributed by atoms with Crippen molar-refractivity contribution in [3.8, 4) is 0 Å². The molecule has 1 aromatic carbocycles. The molecule has 0 saturated heterocycles. The van der Waals surface area contributed by atoms with E-state index in [2.05, 4.69) is 4.99 Å². The number of carbonyl (C=O) groups excluding carboxylic acids is 2. The van der Waals surface area contributed by atoms with Crippen molar-refractivity contribution in [1.29, 1.82) is 0 Å². The molecule has 0 unspecified atom stereocenters. The van der Waals surface area contributed by atoms with Crippen molar-refractivity contribution in [2.24, 2.45) is 4.99 Å². The lowest BCUT2D eigenvalue weighted by atomic mass is 10.0. The third-order valence-corrected chi connectivity index (χ3v) is 3.36. The average Bonchev–Trinajstić information content (AvgIpc) is 2.45. The van der Waals surface area contributed by atoms with E-state index < -0.39 is 11.6 Å². The van der Waals surface area contributed by atoms with Gasteiger partial charge in [0.15, 0.2) is 11.6 Å². The smallest absolute Gasteiger partial charge is 0.182 e. The Morgan fingerprint density at radius 1 is 1.20 bits per heavy atom. The first kappa shape index (κ1) is 14.6. The zero-order chi connectivity index (χ0) is 14.5. The maximum atomic E-state index is 13.4. The zero-order valence-corrected chi connectivity index (χ0v) is 11.5. The normalized spacial score (nSPS) is 14.5. The summed E-state index contributed by atoms with van der Waals surface area (Å²) in [6.45, 7) is 0. The molecule has 0 N–H and O–H groups in total. The summed E-state index contributed by atoms with van der Waals surface area (Å²) < 4.78 is 13.4. The van der Waals surface area contributed by atoms with E-state index in [4.69, 9.17) is 11.6 Å². The molecule has 0 aliphatic carbocycles. The Labute approximate surface area is 121 Å². The maximum Gasteiger partial charge on any atom is 0.182 e. The van der Waals surface area contributed by atoms with Gasteiger partial charge >= 0.3 is 0 Å². The fourth-order valence-corrected chi connectivity index (χ4v) is 2.19. The Bertz CT molecular complexity index is 608. The van der Waals surface area contributed by atoms with Crippen molar-refractivity contribution < 1.29 is 14.0 Å². The van der Waals surface area contributed by atoms with Crippen LogP contribution in [0.3, 0.4) is 0 Å². The molecule has 0 amide bonds. The third kappa shape index (κ3) is 3.39. The van der Waals surface area contributed by atoms with Crippen molar-refractivity contribution in [2.45, 2.75) is 25.7 Å². The summed E-state index contributed by atoms with van der Waals surface area (Å²) in [6.07, 6.45) is 2.87. The number of nitrogens with zero attached hydrogens (tertiary/aromatic N) is 1. The number of rotatable bonds is 5. The minimum atomic E-state index is -0.571. The van der Waals surface area contributed by atoms with Crippen molar-refractivity contribution in [3.05, 3.63) is 46.4 Å². The molecule has 1 aliphatic rings. The number of halogens is 2. The van der Waals surface area contributed by atoms with E-state index in [0.29, 0.717) is 17.9 Å². The number of hydrogen-bond acceptors (Lipinski definition) is 3. The molecule has 1 heterocycles. The van der Waals surface area contributed by atoms with Crippen LogP contribution in [0.15, 0.2) is 40.0 Å². The number of ketones is 2. The highest BCUT2D eigenvalue weighted by Gasteiger charge is 2.18. The van der Waals surface area contributed by atoms with E-state index in [1.807, 2.05) is 0 Å². The lowest BCUT2D eigenvalue weighted by molar-refractivity contribution is -0.115. The van der Waals surface area contributed by atoms with Gasteiger partial charge in [0.25, 0.3) is 0 Å². The molecule has 1 aliphatic heterocycles. The van der Waals surface area contributed by atoms with Gasteiger partial charge in [-0.25, -0.2) is 4.39 Å². The van der Waals surface area contributed by atoms with Gasteiger partial charge < -0.3 is 0 Å². The summed E-state index contributed by atoms with van der Waals surface area (Å²) in [5.41, 5.74) is 0.228. The standard InChI is InChI=1S/C15H13ClFNO2/c16-11-5-3-9-18-15(11)14(20)8-7-13(19)10-4-1-2-6-12(10)17/h1-2,4,6,9H,3,5,7-8H2. The van der Waals surface area contributed by atoms with Gasteiger partial charge in [-0.2, -0.15) is 0 Å². The quantitative estimate of drug-likeness (QED) is 0.778. The molecule has 104 valence electrons.